The summed E-state index contributed by atoms with van der Waals surface area (Å²) in [6.07, 6.45) is -0.593. The van der Waals surface area contributed by atoms with Gasteiger partial charge in [-0.05, 0) is 11.1 Å². The summed E-state index contributed by atoms with van der Waals surface area (Å²) in [5, 5.41) is 0. The predicted molar refractivity (Wildman–Crippen MR) is 83.6 cm³/mol. The number of rotatable bonds is 6. The summed E-state index contributed by atoms with van der Waals surface area (Å²) < 4.78 is 73.1. The largest absolute Gasteiger partial charge is 1.00 e. The summed E-state index contributed by atoms with van der Waals surface area (Å²) in [6, 6.07) is 18.3. The van der Waals surface area contributed by atoms with Gasteiger partial charge in [0.05, 0.1) is 39.9 Å². The Balaban J connectivity index is 0.00000450. The number of nitrogens with zero attached hydrogens (tertiary/aromatic N) is 1. The van der Waals surface area contributed by atoms with Crippen molar-refractivity contribution in [2.45, 2.75) is 6.10 Å². The lowest BCUT2D eigenvalue weighted by Crippen LogP contribution is -3.00. The molecule has 0 aliphatic rings. The maximum absolute atomic E-state index is 7.69. The van der Waals surface area contributed by atoms with E-state index >= 15 is 0 Å². The summed E-state index contributed by atoms with van der Waals surface area (Å²) in [4.78, 5) is 0. The van der Waals surface area contributed by atoms with Crippen molar-refractivity contribution in [2.24, 2.45) is 0 Å². The highest BCUT2D eigenvalue weighted by atomic mass is 127. The summed E-state index contributed by atoms with van der Waals surface area (Å²) in [5.41, 5.74) is 1.57. The number of likely N-dealkylation sites (N-methyl/N-ethyl adjacent to an activating group) is 1. The summed E-state index contributed by atoms with van der Waals surface area (Å²) in [7, 11) is 0. The van der Waals surface area contributed by atoms with Gasteiger partial charge in [0.25, 0.3) is 0 Å². The van der Waals surface area contributed by atoms with Crippen molar-refractivity contribution in [3.63, 3.8) is 0 Å². The van der Waals surface area contributed by atoms with Gasteiger partial charge in [0, 0.05) is 0 Å². The molecule has 3 heteroatoms. The van der Waals surface area contributed by atoms with Gasteiger partial charge in [-0.2, -0.15) is 0 Å². The van der Waals surface area contributed by atoms with E-state index in [1.54, 1.807) is 0 Å². The van der Waals surface area contributed by atoms with Crippen LogP contribution in [0.1, 0.15) is 29.6 Å². The number of benzene rings is 2. The Morgan fingerprint density at radius 2 is 1.38 bits per heavy atom. The first-order valence-electron chi connectivity index (χ1n) is 10.9. The number of hydrogen-bond donors (Lipinski definition) is 0. The molecule has 2 aromatic carbocycles. The molecule has 2 rings (SSSR count). The van der Waals surface area contributed by atoms with Crippen LogP contribution in [0.5, 0.6) is 0 Å². The van der Waals surface area contributed by atoms with E-state index in [1.165, 1.54) is 0 Å². The fraction of sp³-hybridized carbons (Fsp3) is 0.333. The van der Waals surface area contributed by atoms with Crippen LogP contribution in [0, 0.1) is 0 Å². The molecule has 0 saturated heterocycles. The lowest BCUT2D eigenvalue weighted by Gasteiger charge is -2.26. The minimum atomic E-state index is -3.28. The first-order valence-corrected chi connectivity index (χ1v) is 6.41. The lowest BCUT2D eigenvalue weighted by atomic mass is 10.0. The van der Waals surface area contributed by atoms with E-state index < -0.39 is 38.1 Å². The molecule has 0 aromatic heterocycles. The summed E-state index contributed by atoms with van der Waals surface area (Å²) >= 11 is 0. The van der Waals surface area contributed by atoms with E-state index in [0.29, 0.717) is 0 Å². The Kier molecular flexibility index (Phi) is 3.51. The van der Waals surface area contributed by atoms with Gasteiger partial charge in [0.1, 0.15) is 12.6 Å². The molecule has 0 aliphatic heterocycles. The van der Waals surface area contributed by atoms with Crippen LogP contribution in [0.3, 0.4) is 0 Å². The van der Waals surface area contributed by atoms with Crippen molar-refractivity contribution in [3.05, 3.63) is 71.8 Å². The highest BCUT2D eigenvalue weighted by Gasteiger charge is 2.16. The monoisotopic (exact) mass is 406 g/mol. The van der Waals surface area contributed by atoms with Gasteiger partial charge >= 0.3 is 0 Å². The molecule has 0 atom stereocenters. The molecule has 0 N–H and O–H groups in total. The zero-order valence-corrected chi connectivity index (χ0v) is 13.7. The Bertz CT molecular complexity index is 701. The van der Waals surface area contributed by atoms with Gasteiger partial charge < -0.3 is 33.2 Å². The third-order valence-electron chi connectivity index (χ3n) is 2.92. The van der Waals surface area contributed by atoms with Crippen LogP contribution in [0.15, 0.2) is 60.7 Å². The van der Waals surface area contributed by atoms with Gasteiger partial charge in [-0.15, -0.1) is 0 Å². The van der Waals surface area contributed by atoms with E-state index in [2.05, 4.69) is 0 Å². The molecular weight excluding hydrogens is 373 g/mol. The quantitative estimate of drug-likeness (QED) is 0.502. The van der Waals surface area contributed by atoms with Gasteiger partial charge in [-0.1, -0.05) is 60.7 Å². The van der Waals surface area contributed by atoms with Gasteiger partial charge in [0.2, 0.25) is 0 Å². The van der Waals surface area contributed by atoms with Crippen molar-refractivity contribution in [2.75, 3.05) is 34.1 Å². The van der Waals surface area contributed by atoms with Crippen molar-refractivity contribution < 1.29 is 45.5 Å². The lowest BCUT2D eigenvalue weighted by molar-refractivity contribution is -0.870. The van der Waals surface area contributed by atoms with Crippen LogP contribution < -0.4 is 24.0 Å². The maximum Gasteiger partial charge on any atom is 0.108 e. The van der Waals surface area contributed by atoms with Gasteiger partial charge in [-0.3, -0.25) is 0 Å². The number of quaternary nitrogens is 1. The van der Waals surface area contributed by atoms with Crippen molar-refractivity contribution in [1.82, 2.24) is 0 Å². The number of ether oxygens (including phenoxy) is 1. The van der Waals surface area contributed by atoms with Crippen molar-refractivity contribution >= 4 is 0 Å². The molecule has 0 unspecified atom stereocenters. The standard InChI is InChI=1S/C18H24NO.HI/c1-19(2,3)14-15-20-18(16-10-6-4-7-11-16)17-12-8-5-9-13-17;/h4-13,18H,14-15H2,1-3H3;1H/q+1;/p-1/i1D3,2D3,3D3;. The second kappa shape index (κ2) is 8.51. The molecule has 0 spiro atoms. The molecule has 2 nitrogen and oxygen atoms in total. The molecule has 0 bridgehead atoms. The number of halogens is 1. The minimum absolute atomic E-state index is 0. The van der Waals surface area contributed by atoms with E-state index in [9.17, 15) is 0 Å². The maximum atomic E-state index is 7.69. The molecule has 114 valence electrons. The molecule has 0 fully saturated rings. The smallest absolute Gasteiger partial charge is 0.108 e. The van der Waals surface area contributed by atoms with Crippen LogP contribution >= 0.6 is 0 Å². The predicted octanol–water partition coefficient (Wildman–Crippen LogP) is 0.503. The van der Waals surface area contributed by atoms with Crippen LogP contribution in [0.25, 0.3) is 0 Å². The third-order valence-corrected chi connectivity index (χ3v) is 2.92. The molecule has 21 heavy (non-hydrogen) atoms. The highest BCUT2D eigenvalue weighted by Crippen LogP contribution is 2.25. The molecule has 0 aliphatic carbocycles. The minimum Gasteiger partial charge on any atom is -1.00 e. The van der Waals surface area contributed by atoms with Crippen LogP contribution in [0.2, 0.25) is 0 Å². The fourth-order valence-corrected chi connectivity index (χ4v) is 1.95. The average molecular weight is 406 g/mol. The molecule has 0 amide bonds. The van der Waals surface area contributed by atoms with Crippen molar-refractivity contribution in [1.29, 1.82) is 0 Å². The molecule has 0 heterocycles. The number of hydrogen-bond acceptors (Lipinski definition) is 1. The average Bonchev–Trinajstić information content (AvgIpc) is 2.60. The SMILES string of the molecule is [2H]C([2H])([2H])[N+](CCOC(c1ccccc1)c1ccccc1)(C([2H])([2H])[2H])C([2H])([2H])[2H].[I-]. The second-order valence-corrected chi connectivity index (χ2v) is 4.61. The topological polar surface area (TPSA) is 9.23 Å². The Morgan fingerprint density at radius 1 is 0.905 bits per heavy atom. The Labute approximate surface area is 158 Å². The van der Waals surface area contributed by atoms with E-state index in [1.807, 2.05) is 60.7 Å². The first kappa shape index (κ1) is 8.65. The van der Waals surface area contributed by atoms with Crippen LogP contribution in [-0.2, 0) is 4.74 Å². The fourth-order valence-electron chi connectivity index (χ4n) is 1.95. The van der Waals surface area contributed by atoms with E-state index in [0.717, 1.165) is 11.1 Å². The van der Waals surface area contributed by atoms with E-state index in [-0.39, 0.29) is 30.6 Å². The molecule has 0 radical (unpaired) electrons. The summed E-state index contributed by atoms with van der Waals surface area (Å²) in [6.45, 7) is -10.9. The normalized spacial score (nSPS) is 19.4. The zero-order chi connectivity index (χ0) is 21.9. The molecule has 0 saturated carbocycles. The van der Waals surface area contributed by atoms with Crippen molar-refractivity contribution in [3.8, 4) is 0 Å². The van der Waals surface area contributed by atoms with Crippen LogP contribution in [0.4, 0.5) is 0 Å². The third kappa shape index (κ3) is 6.16. The van der Waals surface area contributed by atoms with Gasteiger partial charge in [-0.25, -0.2) is 0 Å². The Hall–Kier alpha value is -0.910. The first-order chi connectivity index (χ1) is 13.3. The van der Waals surface area contributed by atoms with Crippen LogP contribution in [-0.4, -0.2) is 38.6 Å². The highest BCUT2D eigenvalue weighted by molar-refractivity contribution is 5.29. The Morgan fingerprint density at radius 3 is 1.81 bits per heavy atom. The van der Waals surface area contributed by atoms with E-state index in [4.69, 9.17) is 17.1 Å². The molecule has 2 aromatic rings. The molecular formula is C18H24INO. The summed E-state index contributed by atoms with van der Waals surface area (Å²) in [5.74, 6) is 0. The van der Waals surface area contributed by atoms with Gasteiger partial charge in [0.15, 0.2) is 0 Å². The zero-order valence-electron chi connectivity index (χ0n) is 20.5. The second-order valence-electron chi connectivity index (χ2n) is 4.61.